The van der Waals surface area contributed by atoms with Crippen LogP contribution in [0.15, 0.2) is 36.9 Å². The summed E-state index contributed by atoms with van der Waals surface area (Å²) in [6, 6.07) is 8.30. The van der Waals surface area contributed by atoms with E-state index in [9.17, 15) is 4.79 Å². The number of rotatable bonds is 4. The number of hydrogen-bond acceptors (Lipinski definition) is 2. The number of amides is 2. The Morgan fingerprint density at radius 1 is 1.39 bits per heavy atom. The van der Waals surface area contributed by atoms with Gasteiger partial charge in [0.15, 0.2) is 0 Å². The molecule has 0 radical (unpaired) electrons. The molecule has 0 saturated carbocycles. The second kappa shape index (κ2) is 6.86. The Bertz CT molecular complexity index is 698. The number of fused-ring (bicyclic) bond motifs is 1. The minimum absolute atomic E-state index is 0.0209. The maximum absolute atomic E-state index is 12.0. The Kier molecular flexibility index (Phi) is 4.65. The quantitative estimate of drug-likeness (QED) is 0.883. The third-order valence-electron chi connectivity index (χ3n) is 4.59. The van der Waals surface area contributed by atoms with Crippen molar-refractivity contribution in [3.63, 3.8) is 0 Å². The Labute approximate surface area is 137 Å². The summed E-state index contributed by atoms with van der Waals surface area (Å²) < 4.78 is 2.31. The second-order valence-electron chi connectivity index (χ2n) is 6.16. The number of para-hydroxylation sites is 2. The maximum Gasteiger partial charge on any atom is 0.317 e. The van der Waals surface area contributed by atoms with Gasteiger partial charge < -0.3 is 14.8 Å². The predicted molar refractivity (Wildman–Crippen MR) is 92.4 cm³/mol. The highest BCUT2D eigenvalue weighted by Crippen LogP contribution is 2.23. The summed E-state index contributed by atoms with van der Waals surface area (Å²) in [5.41, 5.74) is 2.27. The van der Waals surface area contributed by atoms with Gasteiger partial charge in [-0.25, -0.2) is 9.78 Å². The number of hydrogen-bond donors (Lipinski definition) is 1. The fourth-order valence-electron chi connectivity index (χ4n) is 3.27. The molecule has 1 aliphatic heterocycles. The van der Waals surface area contributed by atoms with E-state index in [1.807, 2.05) is 11.0 Å². The van der Waals surface area contributed by atoms with Gasteiger partial charge in [0.2, 0.25) is 0 Å². The molecule has 23 heavy (non-hydrogen) atoms. The van der Waals surface area contributed by atoms with E-state index in [4.69, 9.17) is 0 Å². The Morgan fingerprint density at radius 2 is 2.13 bits per heavy atom. The topological polar surface area (TPSA) is 50.2 Å². The molecule has 1 saturated heterocycles. The van der Waals surface area contributed by atoms with Crippen LogP contribution in [0.4, 0.5) is 4.79 Å². The van der Waals surface area contributed by atoms with Crippen molar-refractivity contribution in [3.8, 4) is 0 Å². The number of benzene rings is 1. The maximum atomic E-state index is 12.0. The van der Waals surface area contributed by atoms with E-state index < -0.39 is 0 Å². The molecule has 1 N–H and O–H groups in total. The highest BCUT2D eigenvalue weighted by atomic mass is 16.2. The number of nitrogens with zero attached hydrogens (tertiary/aromatic N) is 3. The van der Waals surface area contributed by atoms with Gasteiger partial charge in [0.25, 0.3) is 0 Å². The van der Waals surface area contributed by atoms with Gasteiger partial charge in [-0.05, 0) is 37.8 Å². The Morgan fingerprint density at radius 3 is 2.87 bits per heavy atom. The molecule has 1 aliphatic rings. The summed E-state index contributed by atoms with van der Waals surface area (Å²) in [5, 5.41) is 2.85. The average Bonchev–Trinajstić information content (AvgIpc) is 2.89. The number of imidazole rings is 1. The van der Waals surface area contributed by atoms with Crippen LogP contribution in [0, 0.1) is 12.8 Å². The molecular formula is C18H24N4O. The first-order chi connectivity index (χ1) is 11.2. The van der Waals surface area contributed by atoms with Crippen molar-refractivity contribution in [3.05, 3.63) is 42.7 Å². The zero-order chi connectivity index (χ0) is 16.2. The van der Waals surface area contributed by atoms with Gasteiger partial charge in [0.05, 0.1) is 11.0 Å². The van der Waals surface area contributed by atoms with E-state index in [-0.39, 0.29) is 6.03 Å². The van der Waals surface area contributed by atoms with Crippen LogP contribution in [0.3, 0.4) is 0 Å². The molecule has 0 atom stereocenters. The molecule has 1 fully saturated rings. The van der Waals surface area contributed by atoms with E-state index in [0.29, 0.717) is 12.5 Å². The normalized spacial score (nSPS) is 15.8. The second-order valence-corrected chi connectivity index (χ2v) is 6.16. The zero-order valence-corrected chi connectivity index (χ0v) is 13.7. The molecule has 122 valence electrons. The molecule has 1 aromatic carbocycles. The molecule has 5 nitrogen and oxygen atoms in total. The van der Waals surface area contributed by atoms with Crippen LogP contribution in [0.5, 0.6) is 0 Å². The first-order valence-electron chi connectivity index (χ1n) is 8.24. The van der Waals surface area contributed by atoms with Gasteiger partial charge in [-0.15, -0.1) is 6.58 Å². The first kappa shape index (κ1) is 15.6. The van der Waals surface area contributed by atoms with Gasteiger partial charge >= 0.3 is 6.03 Å². The lowest BCUT2D eigenvalue weighted by molar-refractivity contribution is 0.166. The van der Waals surface area contributed by atoms with Crippen molar-refractivity contribution in [1.82, 2.24) is 19.8 Å². The first-order valence-corrected chi connectivity index (χ1v) is 8.24. The molecule has 5 heteroatoms. The predicted octanol–water partition coefficient (Wildman–Crippen LogP) is 2.95. The number of aromatic nitrogens is 2. The monoisotopic (exact) mass is 312 g/mol. The van der Waals surface area contributed by atoms with Crippen LogP contribution >= 0.6 is 0 Å². The van der Waals surface area contributed by atoms with E-state index in [1.165, 1.54) is 5.52 Å². The number of aryl methyl sites for hydroxylation is 1. The highest BCUT2D eigenvalue weighted by molar-refractivity contribution is 5.76. The number of nitrogens with one attached hydrogen (secondary N) is 1. The number of likely N-dealkylation sites (tertiary alicyclic amines) is 1. The summed E-state index contributed by atoms with van der Waals surface area (Å²) in [4.78, 5) is 18.5. The van der Waals surface area contributed by atoms with Crippen molar-refractivity contribution < 1.29 is 4.79 Å². The summed E-state index contributed by atoms with van der Waals surface area (Å²) >= 11 is 0. The molecule has 1 aromatic heterocycles. The van der Waals surface area contributed by atoms with E-state index in [1.54, 1.807) is 6.08 Å². The standard InChI is InChI=1S/C18H24N4O/c1-3-10-19-18(23)21-11-8-15(9-12-21)13-22-14(2)20-16-6-4-5-7-17(16)22/h3-7,15H,1,8-13H2,2H3,(H,19,23). The van der Waals surface area contributed by atoms with Crippen molar-refractivity contribution in [1.29, 1.82) is 0 Å². The fraction of sp³-hybridized carbons (Fsp3) is 0.444. The van der Waals surface area contributed by atoms with Crippen LogP contribution < -0.4 is 5.32 Å². The van der Waals surface area contributed by atoms with Crippen LogP contribution in [0.2, 0.25) is 0 Å². The van der Waals surface area contributed by atoms with Gasteiger partial charge in [-0.2, -0.15) is 0 Å². The number of carbonyl (C=O) groups excluding carboxylic acids is 1. The van der Waals surface area contributed by atoms with Gasteiger partial charge in [0.1, 0.15) is 5.82 Å². The third kappa shape index (κ3) is 3.38. The minimum atomic E-state index is 0.0209. The molecule has 0 unspecified atom stereocenters. The zero-order valence-electron chi connectivity index (χ0n) is 13.7. The number of carbonyl (C=O) groups is 1. The molecule has 0 bridgehead atoms. The van der Waals surface area contributed by atoms with Gasteiger partial charge in [0, 0.05) is 26.2 Å². The van der Waals surface area contributed by atoms with E-state index in [2.05, 4.69) is 46.6 Å². The Balaban J connectivity index is 1.61. The Hall–Kier alpha value is -2.30. The fourth-order valence-corrected chi connectivity index (χ4v) is 3.27. The average molecular weight is 312 g/mol. The summed E-state index contributed by atoms with van der Waals surface area (Å²) in [6.45, 7) is 8.83. The summed E-state index contributed by atoms with van der Waals surface area (Å²) in [7, 11) is 0. The van der Waals surface area contributed by atoms with Crippen molar-refractivity contribution in [2.24, 2.45) is 5.92 Å². The number of urea groups is 1. The number of piperidine rings is 1. The summed E-state index contributed by atoms with van der Waals surface area (Å²) in [6.07, 6.45) is 3.78. The van der Waals surface area contributed by atoms with Crippen LogP contribution in [-0.2, 0) is 6.54 Å². The van der Waals surface area contributed by atoms with Crippen molar-refractivity contribution >= 4 is 17.1 Å². The molecular weight excluding hydrogens is 288 g/mol. The molecule has 3 rings (SSSR count). The SMILES string of the molecule is C=CCNC(=O)N1CCC(Cn2c(C)nc3ccccc32)CC1. The molecule has 2 heterocycles. The highest BCUT2D eigenvalue weighted by Gasteiger charge is 2.23. The van der Waals surface area contributed by atoms with Gasteiger partial charge in [-0.1, -0.05) is 18.2 Å². The lowest BCUT2D eigenvalue weighted by Crippen LogP contribution is -2.44. The van der Waals surface area contributed by atoms with E-state index >= 15 is 0 Å². The van der Waals surface area contributed by atoms with Crippen LogP contribution in [-0.4, -0.2) is 40.1 Å². The largest absolute Gasteiger partial charge is 0.335 e. The van der Waals surface area contributed by atoms with Crippen molar-refractivity contribution in [2.45, 2.75) is 26.3 Å². The molecule has 2 aromatic rings. The van der Waals surface area contributed by atoms with Crippen LogP contribution in [0.25, 0.3) is 11.0 Å². The van der Waals surface area contributed by atoms with Crippen LogP contribution in [0.1, 0.15) is 18.7 Å². The van der Waals surface area contributed by atoms with Gasteiger partial charge in [-0.3, -0.25) is 0 Å². The third-order valence-corrected chi connectivity index (χ3v) is 4.59. The lowest BCUT2D eigenvalue weighted by Gasteiger charge is -2.32. The minimum Gasteiger partial charge on any atom is -0.335 e. The van der Waals surface area contributed by atoms with Crippen molar-refractivity contribution in [2.75, 3.05) is 19.6 Å². The summed E-state index contributed by atoms with van der Waals surface area (Å²) in [5.74, 6) is 1.66. The molecule has 2 amide bonds. The lowest BCUT2D eigenvalue weighted by atomic mass is 9.97. The molecule has 0 aliphatic carbocycles. The molecule has 0 spiro atoms. The smallest absolute Gasteiger partial charge is 0.317 e. The van der Waals surface area contributed by atoms with E-state index in [0.717, 1.165) is 43.8 Å².